The van der Waals surface area contributed by atoms with Gasteiger partial charge in [-0.2, -0.15) is 5.26 Å². The molecule has 2 unspecified atom stereocenters. The van der Waals surface area contributed by atoms with Crippen molar-refractivity contribution in [3.8, 4) is 11.8 Å². The molecule has 1 aromatic rings. The minimum Gasteiger partial charge on any atom is -0.481 e. The number of carbonyl (C=O) groups excluding carboxylic acids is 1. The summed E-state index contributed by atoms with van der Waals surface area (Å²) in [5, 5.41) is 20.6. The molecular weight excluding hydrogens is 244 g/mol. The number of rotatable bonds is 6. The molecule has 19 heavy (non-hydrogen) atoms. The van der Waals surface area contributed by atoms with Gasteiger partial charge in [0.05, 0.1) is 17.7 Å². The monoisotopic (exact) mass is 262 g/mol. The highest BCUT2D eigenvalue weighted by molar-refractivity contribution is 5.80. The van der Waals surface area contributed by atoms with E-state index in [0.717, 1.165) is 0 Å². The minimum absolute atomic E-state index is 0.219. The molecule has 5 nitrogen and oxygen atoms in total. The van der Waals surface area contributed by atoms with Gasteiger partial charge in [-0.15, -0.1) is 0 Å². The normalized spacial score (nSPS) is 13.2. The highest BCUT2D eigenvalue weighted by atomic mass is 16.5. The van der Waals surface area contributed by atoms with Crippen molar-refractivity contribution in [3.63, 3.8) is 0 Å². The van der Waals surface area contributed by atoms with E-state index < -0.39 is 12.2 Å². The molecule has 0 aliphatic heterocycles. The van der Waals surface area contributed by atoms with Gasteiger partial charge in [-0.3, -0.25) is 4.79 Å². The number of nitrogens with zero attached hydrogens (tertiary/aromatic N) is 1. The molecule has 0 fully saturated rings. The average Bonchev–Trinajstić information content (AvgIpc) is 2.44. The van der Waals surface area contributed by atoms with Crippen LogP contribution in [-0.2, 0) is 4.79 Å². The first-order valence-corrected chi connectivity index (χ1v) is 6.19. The fourth-order valence-electron chi connectivity index (χ4n) is 1.37. The van der Waals surface area contributed by atoms with E-state index in [1.165, 1.54) is 0 Å². The largest absolute Gasteiger partial charge is 0.481 e. The Morgan fingerprint density at radius 2 is 2.11 bits per heavy atom. The number of aliphatic hydroxyl groups is 1. The van der Waals surface area contributed by atoms with E-state index >= 15 is 0 Å². The summed E-state index contributed by atoms with van der Waals surface area (Å²) in [5.74, 6) is 0.245. The standard InChI is InChI=1S/C14H18N2O3/c1-3-12(17)9-16-14(18)10(2)19-13-6-4-11(8-15)5-7-13/h4-7,10,12,17H,3,9H2,1-2H3,(H,16,18). The first-order chi connectivity index (χ1) is 9.06. The minimum atomic E-state index is -0.656. The smallest absolute Gasteiger partial charge is 0.260 e. The highest BCUT2D eigenvalue weighted by Gasteiger charge is 2.15. The van der Waals surface area contributed by atoms with E-state index in [1.54, 1.807) is 31.2 Å². The van der Waals surface area contributed by atoms with Crippen LogP contribution in [0.1, 0.15) is 25.8 Å². The van der Waals surface area contributed by atoms with Crippen molar-refractivity contribution in [3.05, 3.63) is 29.8 Å². The van der Waals surface area contributed by atoms with E-state index in [0.29, 0.717) is 17.7 Å². The first kappa shape index (κ1) is 15.0. The maximum absolute atomic E-state index is 11.7. The molecule has 5 heteroatoms. The molecule has 0 heterocycles. The third-order valence-corrected chi connectivity index (χ3v) is 2.65. The van der Waals surface area contributed by atoms with Gasteiger partial charge in [0.1, 0.15) is 5.75 Å². The highest BCUT2D eigenvalue weighted by Crippen LogP contribution is 2.13. The molecule has 1 aromatic carbocycles. The lowest BCUT2D eigenvalue weighted by atomic mass is 10.2. The number of nitrogens with one attached hydrogen (secondary N) is 1. The van der Waals surface area contributed by atoms with E-state index in [9.17, 15) is 9.90 Å². The second-order valence-electron chi connectivity index (χ2n) is 4.20. The maximum atomic E-state index is 11.7. The van der Waals surface area contributed by atoms with Crippen LogP contribution >= 0.6 is 0 Å². The number of ether oxygens (including phenoxy) is 1. The summed E-state index contributed by atoms with van der Waals surface area (Å²) in [5.41, 5.74) is 0.538. The molecular formula is C14H18N2O3. The molecule has 102 valence electrons. The lowest BCUT2D eigenvalue weighted by Crippen LogP contribution is -2.40. The van der Waals surface area contributed by atoms with Gasteiger partial charge in [0.15, 0.2) is 6.10 Å². The van der Waals surface area contributed by atoms with Crippen molar-refractivity contribution in [2.45, 2.75) is 32.5 Å². The van der Waals surface area contributed by atoms with E-state index in [1.807, 2.05) is 13.0 Å². The van der Waals surface area contributed by atoms with E-state index in [4.69, 9.17) is 10.00 Å². The van der Waals surface area contributed by atoms with Crippen LogP contribution in [0.4, 0.5) is 0 Å². The van der Waals surface area contributed by atoms with Gasteiger partial charge >= 0.3 is 0 Å². The Morgan fingerprint density at radius 3 is 2.63 bits per heavy atom. The van der Waals surface area contributed by atoms with Crippen LogP contribution in [0.2, 0.25) is 0 Å². The maximum Gasteiger partial charge on any atom is 0.260 e. The molecule has 0 saturated carbocycles. The second-order valence-corrected chi connectivity index (χ2v) is 4.20. The van der Waals surface area contributed by atoms with Crippen LogP contribution < -0.4 is 10.1 Å². The Morgan fingerprint density at radius 1 is 1.47 bits per heavy atom. The van der Waals surface area contributed by atoms with Crippen molar-refractivity contribution in [1.82, 2.24) is 5.32 Å². The fraction of sp³-hybridized carbons (Fsp3) is 0.429. The van der Waals surface area contributed by atoms with Crippen LogP contribution in [0.5, 0.6) is 5.75 Å². The lowest BCUT2D eigenvalue weighted by molar-refractivity contribution is -0.127. The summed E-state index contributed by atoms with van der Waals surface area (Å²) in [6.07, 6.45) is -0.603. The quantitative estimate of drug-likeness (QED) is 0.807. The summed E-state index contributed by atoms with van der Waals surface area (Å²) in [6, 6.07) is 8.54. The van der Waals surface area contributed by atoms with Gasteiger partial charge in [-0.05, 0) is 37.6 Å². The molecule has 0 spiro atoms. The summed E-state index contributed by atoms with van der Waals surface area (Å²) < 4.78 is 5.44. The second kappa shape index (κ2) is 7.39. The van der Waals surface area contributed by atoms with Crippen molar-refractivity contribution < 1.29 is 14.6 Å². The van der Waals surface area contributed by atoms with E-state index in [2.05, 4.69) is 5.32 Å². The molecule has 0 radical (unpaired) electrons. The molecule has 1 amide bonds. The van der Waals surface area contributed by atoms with Crippen LogP contribution in [-0.4, -0.2) is 29.8 Å². The number of nitriles is 1. The molecule has 0 aliphatic carbocycles. The summed E-state index contributed by atoms with van der Waals surface area (Å²) in [4.78, 5) is 11.7. The zero-order chi connectivity index (χ0) is 14.3. The predicted molar refractivity (Wildman–Crippen MR) is 70.6 cm³/mol. The molecule has 0 aliphatic rings. The zero-order valence-corrected chi connectivity index (χ0v) is 11.1. The Kier molecular flexibility index (Phi) is 5.83. The van der Waals surface area contributed by atoms with E-state index in [-0.39, 0.29) is 12.5 Å². The summed E-state index contributed by atoms with van der Waals surface area (Å²) in [6.45, 7) is 3.69. The summed E-state index contributed by atoms with van der Waals surface area (Å²) >= 11 is 0. The number of hydrogen-bond donors (Lipinski definition) is 2. The van der Waals surface area contributed by atoms with Crippen LogP contribution in [0.25, 0.3) is 0 Å². The van der Waals surface area contributed by atoms with Crippen LogP contribution in [0.15, 0.2) is 24.3 Å². The van der Waals surface area contributed by atoms with Gasteiger partial charge < -0.3 is 15.2 Å². The molecule has 1 rings (SSSR count). The molecule has 0 saturated heterocycles. The van der Waals surface area contributed by atoms with Crippen molar-refractivity contribution in [2.24, 2.45) is 0 Å². The topological polar surface area (TPSA) is 82.3 Å². The molecule has 0 bridgehead atoms. The number of hydrogen-bond acceptors (Lipinski definition) is 4. The number of carbonyl (C=O) groups is 1. The molecule has 2 atom stereocenters. The average molecular weight is 262 g/mol. The number of amides is 1. The van der Waals surface area contributed by atoms with Gasteiger partial charge in [-0.25, -0.2) is 0 Å². The SMILES string of the molecule is CCC(O)CNC(=O)C(C)Oc1ccc(C#N)cc1. The predicted octanol–water partition coefficient (Wildman–Crippen LogP) is 1.21. The third kappa shape index (κ3) is 4.98. The first-order valence-electron chi connectivity index (χ1n) is 6.19. The Hall–Kier alpha value is -2.06. The summed E-state index contributed by atoms with van der Waals surface area (Å²) in [7, 11) is 0. The van der Waals surface area contributed by atoms with Crippen molar-refractivity contribution in [1.29, 1.82) is 5.26 Å². The fourth-order valence-corrected chi connectivity index (χ4v) is 1.37. The number of aliphatic hydroxyl groups excluding tert-OH is 1. The molecule has 2 N–H and O–H groups in total. The van der Waals surface area contributed by atoms with Gasteiger partial charge in [0, 0.05) is 6.54 Å². The van der Waals surface area contributed by atoms with Crippen molar-refractivity contribution in [2.75, 3.05) is 6.54 Å². The number of benzene rings is 1. The Labute approximate surface area is 112 Å². The van der Waals surface area contributed by atoms with Gasteiger partial charge in [0.25, 0.3) is 5.91 Å². The van der Waals surface area contributed by atoms with Crippen LogP contribution in [0.3, 0.4) is 0 Å². The third-order valence-electron chi connectivity index (χ3n) is 2.65. The van der Waals surface area contributed by atoms with Crippen molar-refractivity contribution >= 4 is 5.91 Å². The van der Waals surface area contributed by atoms with Gasteiger partial charge in [-0.1, -0.05) is 6.92 Å². The lowest BCUT2D eigenvalue weighted by Gasteiger charge is -2.16. The van der Waals surface area contributed by atoms with Crippen LogP contribution in [0, 0.1) is 11.3 Å². The Balaban J connectivity index is 2.47. The zero-order valence-electron chi connectivity index (χ0n) is 11.1. The van der Waals surface area contributed by atoms with Gasteiger partial charge in [0.2, 0.25) is 0 Å². The Bertz CT molecular complexity index is 451. The molecule has 0 aromatic heterocycles.